The highest BCUT2D eigenvalue weighted by Crippen LogP contribution is 2.33. The topological polar surface area (TPSA) is 56.1 Å². The van der Waals surface area contributed by atoms with Crippen LogP contribution in [0.4, 0.5) is 0 Å². The van der Waals surface area contributed by atoms with E-state index in [2.05, 4.69) is 26.3 Å². The van der Waals surface area contributed by atoms with E-state index < -0.39 is 0 Å². The lowest BCUT2D eigenvalue weighted by atomic mass is 10.0. The third-order valence-electron chi connectivity index (χ3n) is 4.45. The molecular weight excluding hydrogens is 298 g/mol. The van der Waals surface area contributed by atoms with E-state index in [1.807, 2.05) is 12.4 Å². The molecular formula is C16H19N3O2S. The molecule has 5 nitrogen and oxygen atoms in total. The smallest absolute Gasteiger partial charge is 0.223 e. The quantitative estimate of drug-likeness (QED) is 0.943. The Kier molecular flexibility index (Phi) is 3.72. The Morgan fingerprint density at radius 2 is 2.45 bits per heavy atom. The van der Waals surface area contributed by atoms with Crippen LogP contribution in [0.2, 0.25) is 0 Å². The number of amides is 1. The van der Waals surface area contributed by atoms with Crippen molar-refractivity contribution in [2.45, 2.75) is 44.4 Å². The van der Waals surface area contributed by atoms with E-state index in [0.717, 1.165) is 31.6 Å². The maximum atomic E-state index is 12.3. The molecule has 0 bridgehead atoms. The van der Waals surface area contributed by atoms with Gasteiger partial charge in [-0.1, -0.05) is 0 Å². The summed E-state index contributed by atoms with van der Waals surface area (Å²) in [5.74, 6) is 1.20. The number of ether oxygens (including phenoxy) is 1. The number of nitrogens with one attached hydrogen (secondary N) is 1. The van der Waals surface area contributed by atoms with Gasteiger partial charge in [-0.15, -0.1) is 11.3 Å². The van der Waals surface area contributed by atoms with Crippen molar-refractivity contribution in [3.05, 3.63) is 40.1 Å². The fourth-order valence-electron chi connectivity index (χ4n) is 3.33. The van der Waals surface area contributed by atoms with Crippen LogP contribution in [0.3, 0.4) is 0 Å². The third-order valence-corrected chi connectivity index (χ3v) is 5.44. The molecule has 0 radical (unpaired) electrons. The van der Waals surface area contributed by atoms with Crippen LogP contribution in [0.25, 0.3) is 0 Å². The van der Waals surface area contributed by atoms with Gasteiger partial charge in [0.15, 0.2) is 0 Å². The van der Waals surface area contributed by atoms with Gasteiger partial charge in [0, 0.05) is 42.7 Å². The van der Waals surface area contributed by atoms with Crippen LogP contribution in [0.15, 0.2) is 23.8 Å². The van der Waals surface area contributed by atoms with Crippen molar-refractivity contribution in [3.63, 3.8) is 0 Å². The lowest BCUT2D eigenvalue weighted by Crippen LogP contribution is -2.41. The van der Waals surface area contributed by atoms with Gasteiger partial charge in [-0.05, 0) is 23.4 Å². The largest absolute Gasteiger partial charge is 0.373 e. The Hall–Kier alpha value is -1.66. The lowest BCUT2D eigenvalue weighted by Gasteiger charge is -2.27. The molecule has 22 heavy (non-hydrogen) atoms. The Labute approximate surface area is 133 Å². The van der Waals surface area contributed by atoms with E-state index >= 15 is 0 Å². The van der Waals surface area contributed by atoms with Crippen molar-refractivity contribution in [3.8, 4) is 0 Å². The first-order valence-electron chi connectivity index (χ1n) is 7.77. The maximum Gasteiger partial charge on any atom is 0.223 e. The van der Waals surface area contributed by atoms with Crippen LogP contribution in [-0.2, 0) is 28.9 Å². The molecule has 2 aromatic rings. The van der Waals surface area contributed by atoms with Crippen LogP contribution in [0.1, 0.15) is 35.2 Å². The number of carbonyl (C=O) groups is 1. The molecule has 0 saturated carbocycles. The number of aromatic nitrogens is 2. The van der Waals surface area contributed by atoms with Gasteiger partial charge in [-0.25, -0.2) is 4.98 Å². The van der Waals surface area contributed by atoms with E-state index in [1.165, 1.54) is 10.4 Å². The Morgan fingerprint density at radius 3 is 3.41 bits per heavy atom. The average Bonchev–Trinajstić information content (AvgIpc) is 3.15. The second-order valence-corrected chi connectivity index (χ2v) is 6.91. The van der Waals surface area contributed by atoms with Crippen molar-refractivity contribution < 1.29 is 9.53 Å². The van der Waals surface area contributed by atoms with Gasteiger partial charge < -0.3 is 14.6 Å². The van der Waals surface area contributed by atoms with Gasteiger partial charge in [0.1, 0.15) is 5.82 Å². The highest BCUT2D eigenvalue weighted by Gasteiger charge is 2.26. The average molecular weight is 317 g/mol. The van der Waals surface area contributed by atoms with Gasteiger partial charge >= 0.3 is 0 Å². The molecule has 0 unspecified atom stereocenters. The minimum absolute atomic E-state index is 0.0811. The molecule has 0 aromatic carbocycles. The molecule has 1 amide bonds. The summed E-state index contributed by atoms with van der Waals surface area (Å²) in [5.41, 5.74) is 1.20. The van der Waals surface area contributed by atoms with E-state index in [4.69, 9.17) is 4.74 Å². The van der Waals surface area contributed by atoms with E-state index in [9.17, 15) is 4.79 Å². The summed E-state index contributed by atoms with van der Waals surface area (Å²) in [6.45, 7) is 1.53. The number of thiophene rings is 1. The van der Waals surface area contributed by atoms with Crippen molar-refractivity contribution in [1.82, 2.24) is 14.9 Å². The second-order valence-electron chi connectivity index (χ2n) is 5.91. The first kappa shape index (κ1) is 14.0. The second kappa shape index (κ2) is 5.85. The van der Waals surface area contributed by atoms with Crippen molar-refractivity contribution in [1.29, 1.82) is 0 Å². The summed E-state index contributed by atoms with van der Waals surface area (Å²) in [6.07, 6.45) is 6.99. The van der Waals surface area contributed by atoms with Crippen LogP contribution < -0.4 is 5.32 Å². The first-order valence-corrected chi connectivity index (χ1v) is 8.65. The van der Waals surface area contributed by atoms with Crippen molar-refractivity contribution >= 4 is 17.2 Å². The van der Waals surface area contributed by atoms with Crippen LogP contribution >= 0.6 is 11.3 Å². The number of rotatable bonds is 3. The number of hydrogen-bond acceptors (Lipinski definition) is 4. The third kappa shape index (κ3) is 2.68. The molecule has 2 aliphatic heterocycles. The molecule has 116 valence electrons. The SMILES string of the molecule is O=C(C[C@@H]1OCCc2sccc21)N[C@@H]1CCc2nccn2C1. The fourth-order valence-corrected chi connectivity index (χ4v) is 4.25. The predicted octanol–water partition coefficient (Wildman–Crippen LogP) is 2.08. The zero-order chi connectivity index (χ0) is 14.9. The lowest BCUT2D eigenvalue weighted by molar-refractivity contribution is -0.125. The number of carbonyl (C=O) groups excluding carboxylic acids is 1. The zero-order valence-corrected chi connectivity index (χ0v) is 13.1. The van der Waals surface area contributed by atoms with Gasteiger partial charge in [0.05, 0.1) is 19.1 Å². The van der Waals surface area contributed by atoms with Gasteiger partial charge in [-0.2, -0.15) is 0 Å². The molecule has 0 aliphatic carbocycles. The zero-order valence-electron chi connectivity index (χ0n) is 12.3. The number of aryl methyl sites for hydroxylation is 1. The Morgan fingerprint density at radius 1 is 1.50 bits per heavy atom. The molecule has 0 saturated heterocycles. The number of nitrogens with zero attached hydrogens (tertiary/aromatic N) is 2. The summed E-state index contributed by atoms with van der Waals surface area (Å²) in [7, 11) is 0. The van der Waals surface area contributed by atoms with E-state index in [-0.39, 0.29) is 18.1 Å². The summed E-state index contributed by atoms with van der Waals surface area (Å²) in [6, 6.07) is 2.29. The summed E-state index contributed by atoms with van der Waals surface area (Å²) in [5, 5.41) is 5.24. The maximum absolute atomic E-state index is 12.3. The summed E-state index contributed by atoms with van der Waals surface area (Å²) in [4.78, 5) is 18.0. The number of hydrogen-bond donors (Lipinski definition) is 1. The normalized spacial score (nSPS) is 23.6. The Bertz CT molecular complexity index is 678. The van der Waals surface area contributed by atoms with Gasteiger partial charge in [0.25, 0.3) is 0 Å². The molecule has 1 N–H and O–H groups in total. The van der Waals surface area contributed by atoms with Crippen molar-refractivity contribution in [2.75, 3.05) is 6.61 Å². The van der Waals surface area contributed by atoms with E-state index in [0.29, 0.717) is 13.0 Å². The molecule has 6 heteroatoms. The van der Waals surface area contributed by atoms with Crippen LogP contribution in [0.5, 0.6) is 0 Å². The Balaban J connectivity index is 1.36. The monoisotopic (exact) mass is 317 g/mol. The fraction of sp³-hybridized carbons (Fsp3) is 0.500. The summed E-state index contributed by atoms with van der Waals surface area (Å²) < 4.78 is 7.92. The van der Waals surface area contributed by atoms with Crippen LogP contribution in [-0.4, -0.2) is 28.1 Å². The highest BCUT2D eigenvalue weighted by molar-refractivity contribution is 7.10. The van der Waals surface area contributed by atoms with Crippen molar-refractivity contribution in [2.24, 2.45) is 0 Å². The van der Waals surface area contributed by atoms with Gasteiger partial charge in [-0.3, -0.25) is 4.79 Å². The van der Waals surface area contributed by atoms with Gasteiger partial charge in [0.2, 0.25) is 5.91 Å². The predicted molar refractivity (Wildman–Crippen MR) is 83.8 cm³/mol. The molecule has 4 rings (SSSR count). The number of imidazole rings is 1. The van der Waals surface area contributed by atoms with Crippen LogP contribution in [0, 0.1) is 0 Å². The molecule has 0 fully saturated rings. The molecule has 2 atom stereocenters. The molecule has 2 aromatic heterocycles. The molecule has 4 heterocycles. The van der Waals surface area contributed by atoms with E-state index in [1.54, 1.807) is 11.3 Å². The molecule has 2 aliphatic rings. The highest BCUT2D eigenvalue weighted by atomic mass is 32.1. The minimum Gasteiger partial charge on any atom is -0.373 e. The minimum atomic E-state index is -0.0811. The standard InChI is InChI=1S/C16H19N3O2S/c20-16(9-13-12-4-8-22-14(12)3-7-21-13)18-11-1-2-15-17-5-6-19(15)10-11/h4-6,8,11,13H,1-3,7,9-10H2,(H,18,20)/t11-,13+/m1/s1. The first-order chi connectivity index (χ1) is 10.8. The number of fused-ring (bicyclic) bond motifs is 2. The summed E-state index contributed by atoms with van der Waals surface area (Å²) >= 11 is 1.76. The molecule has 0 spiro atoms.